The Labute approximate surface area is 124 Å². The molecule has 1 fully saturated rings. The van der Waals surface area contributed by atoms with E-state index in [2.05, 4.69) is 22.2 Å². The SMILES string of the molecule is CCC1CCC(N(C)c2nc(NC)ncc2[N+](=O)[O-])CC1. The predicted molar refractivity (Wildman–Crippen MR) is 82.7 cm³/mol. The third-order valence-electron chi connectivity index (χ3n) is 4.45. The predicted octanol–water partition coefficient (Wildman–Crippen LogP) is 2.83. The van der Waals surface area contributed by atoms with E-state index in [0.717, 1.165) is 18.8 Å². The molecular weight excluding hydrogens is 270 g/mol. The van der Waals surface area contributed by atoms with Crippen LogP contribution in [0.15, 0.2) is 6.20 Å². The number of nitrogens with one attached hydrogen (secondary N) is 1. The van der Waals surface area contributed by atoms with Gasteiger partial charge in [-0.1, -0.05) is 13.3 Å². The Kier molecular flexibility index (Phi) is 4.93. The highest BCUT2D eigenvalue weighted by atomic mass is 16.6. The minimum Gasteiger partial charge on any atom is -0.357 e. The Balaban J connectivity index is 2.21. The van der Waals surface area contributed by atoms with E-state index in [0.29, 0.717) is 17.8 Å². The van der Waals surface area contributed by atoms with Crippen LogP contribution < -0.4 is 10.2 Å². The Hall–Kier alpha value is -1.92. The summed E-state index contributed by atoms with van der Waals surface area (Å²) in [6, 6.07) is 0.311. The van der Waals surface area contributed by atoms with Crippen molar-refractivity contribution in [3.8, 4) is 0 Å². The van der Waals surface area contributed by atoms with Crippen LogP contribution in [0.2, 0.25) is 0 Å². The number of nitro groups is 1. The number of rotatable bonds is 5. The summed E-state index contributed by atoms with van der Waals surface area (Å²) < 4.78 is 0. The molecule has 116 valence electrons. The van der Waals surface area contributed by atoms with Crippen LogP contribution in [0, 0.1) is 16.0 Å². The molecular formula is C14H23N5O2. The molecule has 0 amide bonds. The zero-order valence-corrected chi connectivity index (χ0v) is 12.9. The third-order valence-corrected chi connectivity index (χ3v) is 4.45. The average Bonchev–Trinajstić information content (AvgIpc) is 2.53. The van der Waals surface area contributed by atoms with Gasteiger partial charge in [0.05, 0.1) is 4.92 Å². The van der Waals surface area contributed by atoms with E-state index in [-0.39, 0.29) is 5.69 Å². The average molecular weight is 293 g/mol. The van der Waals surface area contributed by atoms with Crippen LogP contribution in [0.3, 0.4) is 0 Å². The van der Waals surface area contributed by atoms with Gasteiger partial charge in [0.1, 0.15) is 6.20 Å². The van der Waals surface area contributed by atoms with Gasteiger partial charge in [0, 0.05) is 20.1 Å². The van der Waals surface area contributed by atoms with Gasteiger partial charge in [-0.05, 0) is 31.6 Å². The highest BCUT2D eigenvalue weighted by molar-refractivity contribution is 5.59. The molecule has 7 nitrogen and oxygen atoms in total. The standard InChI is InChI=1S/C14H23N5O2/c1-4-10-5-7-11(8-6-10)18(3)13-12(19(20)21)9-16-14(15-2)17-13/h9-11H,4-8H2,1-3H3,(H,15,16,17). The summed E-state index contributed by atoms with van der Waals surface area (Å²) in [5.74, 6) is 1.60. The molecule has 0 radical (unpaired) electrons. The Bertz CT molecular complexity index is 500. The number of aromatic nitrogens is 2. The number of nitrogens with zero attached hydrogens (tertiary/aromatic N) is 4. The molecule has 0 spiro atoms. The molecule has 1 saturated carbocycles. The lowest BCUT2D eigenvalue weighted by atomic mass is 9.84. The van der Waals surface area contributed by atoms with Gasteiger partial charge in [0.2, 0.25) is 11.8 Å². The van der Waals surface area contributed by atoms with Crippen molar-refractivity contribution in [1.82, 2.24) is 9.97 Å². The van der Waals surface area contributed by atoms with E-state index in [1.54, 1.807) is 7.05 Å². The molecule has 21 heavy (non-hydrogen) atoms. The lowest BCUT2D eigenvalue weighted by Crippen LogP contribution is -2.36. The molecule has 1 aliphatic rings. The Morgan fingerprint density at radius 3 is 2.62 bits per heavy atom. The van der Waals surface area contributed by atoms with Crippen molar-refractivity contribution < 1.29 is 4.92 Å². The first kappa shape index (κ1) is 15.5. The van der Waals surface area contributed by atoms with Crippen molar-refractivity contribution in [2.24, 2.45) is 5.92 Å². The summed E-state index contributed by atoms with van der Waals surface area (Å²) in [6.07, 6.45) is 6.99. The largest absolute Gasteiger partial charge is 0.357 e. The Morgan fingerprint density at radius 2 is 2.10 bits per heavy atom. The molecule has 1 N–H and O–H groups in total. The van der Waals surface area contributed by atoms with Crippen LogP contribution in [0.25, 0.3) is 0 Å². The summed E-state index contributed by atoms with van der Waals surface area (Å²) in [5.41, 5.74) is -0.0332. The number of hydrogen-bond donors (Lipinski definition) is 1. The summed E-state index contributed by atoms with van der Waals surface area (Å²) >= 11 is 0. The van der Waals surface area contributed by atoms with Crippen LogP contribution in [-0.4, -0.2) is 35.0 Å². The normalized spacial score (nSPS) is 21.9. The van der Waals surface area contributed by atoms with Crippen molar-refractivity contribution in [1.29, 1.82) is 0 Å². The maximum Gasteiger partial charge on any atom is 0.329 e. The molecule has 0 atom stereocenters. The van der Waals surface area contributed by atoms with E-state index < -0.39 is 4.92 Å². The second-order valence-electron chi connectivity index (χ2n) is 5.60. The molecule has 1 aromatic heterocycles. The van der Waals surface area contributed by atoms with Gasteiger partial charge in [0.25, 0.3) is 0 Å². The second kappa shape index (κ2) is 6.69. The fourth-order valence-corrected chi connectivity index (χ4v) is 2.99. The van der Waals surface area contributed by atoms with Gasteiger partial charge in [-0.25, -0.2) is 4.98 Å². The molecule has 0 saturated heterocycles. The topological polar surface area (TPSA) is 84.2 Å². The van der Waals surface area contributed by atoms with Crippen molar-refractivity contribution in [2.45, 2.75) is 45.1 Å². The lowest BCUT2D eigenvalue weighted by Gasteiger charge is -2.34. The highest BCUT2D eigenvalue weighted by Gasteiger charge is 2.28. The van der Waals surface area contributed by atoms with Crippen molar-refractivity contribution >= 4 is 17.5 Å². The minimum atomic E-state index is -0.414. The van der Waals surface area contributed by atoms with Crippen LogP contribution in [-0.2, 0) is 0 Å². The van der Waals surface area contributed by atoms with E-state index in [4.69, 9.17) is 0 Å². The van der Waals surface area contributed by atoms with Crippen LogP contribution in [0.1, 0.15) is 39.0 Å². The summed E-state index contributed by atoms with van der Waals surface area (Å²) in [7, 11) is 3.60. The van der Waals surface area contributed by atoms with E-state index in [1.807, 2.05) is 11.9 Å². The van der Waals surface area contributed by atoms with E-state index in [1.165, 1.54) is 25.5 Å². The smallest absolute Gasteiger partial charge is 0.329 e. The Morgan fingerprint density at radius 1 is 1.43 bits per heavy atom. The first-order valence-corrected chi connectivity index (χ1v) is 7.48. The fraction of sp³-hybridized carbons (Fsp3) is 0.714. The second-order valence-corrected chi connectivity index (χ2v) is 5.60. The van der Waals surface area contributed by atoms with Crippen LogP contribution >= 0.6 is 0 Å². The highest BCUT2D eigenvalue weighted by Crippen LogP contribution is 2.33. The summed E-state index contributed by atoms with van der Waals surface area (Å²) in [4.78, 5) is 21.0. The van der Waals surface area contributed by atoms with E-state index >= 15 is 0 Å². The zero-order valence-electron chi connectivity index (χ0n) is 12.9. The molecule has 0 aromatic carbocycles. The maximum atomic E-state index is 11.2. The van der Waals surface area contributed by atoms with E-state index in [9.17, 15) is 10.1 Å². The van der Waals surface area contributed by atoms with Gasteiger partial charge in [-0.2, -0.15) is 4.98 Å². The van der Waals surface area contributed by atoms with Crippen molar-refractivity contribution in [3.63, 3.8) is 0 Å². The quantitative estimate of drug-likeness (QED) is 0.664. The lowest BCUT2D eigenvalue weighted by molar-refractivity contribution is -0.384. The minimum absolute atomic E-state index is 0.0332. The summed E-state index contributed by atoms with van der Waals surface area (Å²) in [6.45, 7) is 2.23. The monoisotopic (exact) mass is 293 g/mol. The maximum absolute atomic E-state index is 11.2. The first-order chi connectivity index (χ1) is 10.1. The van der Waals surface area contributed by atoms with Gasteiger partial charge in [-0.3, -0.25) is 10.1 Å². The molecule has 7 heteroatoms. The summed E-state index contributed by atoms with van der Waals surface area (Å²) in [5, 5.41) is 14.0. The molecule has 1 aromatic rings. The van der Waals surface area contributed by atoms with Gasteiger partial charge in [-0.15, -0.1) is 0 Å². The number of hydrogen-bond acceptors (Lipinski definition) is 6. The molecule has 1 heterocycles. The number of anilines is 2. The molecule has 2 rings (SSSR count). The van der Waals surface area contributed by atoms with Gasteiger partial charge >= 0.3 is 5.69 Å². The molecule has 0 unspecified atom stereocenters. The first-order valence-electron chi connectivity index (χ1n) is 7.48. The third kappa shape index (κ3) is 3.40. The molecule has 0 bridgehead atoms. The van der Waals surface area contributed by atoms with Crippen LogP contribution in [0.5, 0.6) is 0 Å². The fourth-order valence-electron chi connectivity index (χ4n) is 2.99. The molecule has 0 aliphatic heterocycles. The van der Waals surface area contributed by atoms with Gasteiger partial charge < -0.3 is 10.2 Å². The van der Waals surface area contributed by atoms with Gasteiger partial charge in [0.15, 0.2) is 0 Å². The van der Waals surface area contributed by atoms with Crippen molar-refractivity contribution in [3.05, 3.63) is 16.3 Å². The van der Waals surface area contributed by atoms with Crippen LogP contribution in [0.4, 0.5) is 17.5 Å². The zero-order chi connectivity index (χ0) is 15.4. The van der Waals surface area contributed by atoms with Crippen molar-refractivity contribution in [2.75, 3.05) is 24.3 Å². The molecule has 1 aliphatic carbocycles.